The van der Waals surface area contributed by atoms with Gasteiger partial charge in [-0.15, -0.1) is 5.10 Å². The number of ether oxygens (including phenoxy) is 1. The maximum Gasteiger partial charge on any atom is 0.248 e. The smallest absolute Gasteiger partial charge is 0.248 e. The van der Waals surface area contributed by atoms with Gasteiger partial charge in [0.1, 0.15) is 17.8 Å². The number of anilines is 1. The van der Waals surface area contributed by atoms with E-state index in [-0.39, 0.29) is 5.91 Å². The standard InChI is InChI=1S/C17H15N5O2/c1-24-16-9-8-14(11-15(16)22-12-18-20-21-22)19-17(23)10-7-13-5-3-2-4-6-13/h2-12H,1H3,(H,19,23)/b10-7+. The van der Waals surface area contributed by atoms with Crippen molar-refractivity contribution in [2.45, 2.75) is 0 Å². The fourth-order valence-corrected chi connectivity index (χ4v) is 2.14. The Bertz CT molecular complexity index is 845. The van der Waals surface area contributed by atoms with Gasteiger partial charge in [0.05, 0.1) is 7.11 Å². The van der Waals surface area contributed by atoms with Crippen LogP contribution in [0.3, 0.4) is 0 Å². The zero-order chi connectivity index (χ0) is 16.8. The first-order valence-electron chi connectivity index (χ1n) is 7.22. The molecule has 7 nitrogen and oxygen atoms in total. The van der Waals surface area contributed by atoms with Crippen LogP contribution in [0.25, 0.3) is 11.8 Å². The Hall–Kier alpha value is -3.48. The van der Waals surface area contributed by atoms with Gasteiger partial charge in [-0.3, -0.25) is 4.79 Å². The summed E-state index contributed by atoms with van der Waals surface area (Å²) in [6.45, 7) is 0. The molecule has 0 spiro atoms. The van der Waals surface area contributed by atoms with Crippen LogP contribution >= 0.6 is 0 Å². The van der Waals surface area contributed by atoms with Gasteiger partial charge in [-0.05, 0) is 40.3 Å². The third-order valence-corrected chi connectivity index (χ3v) is 3.27. The summed E-state index contributed by atoms with van der Waals surface area (Å²) in [7, 11) is 1.56. The van der Waals surface area contributed by atoms with Crippen LogP contribution in [0.4, 0.5) is 5.69 Å². The molecule has 1 aromatic heterocycles. The number of nitrogens with one attached hydrogen (secondary N) is 1. The van der Waals surface area contributed by atoms with Crippen LogP contribution in [-0.4, -0.2) is 33.2 Å². The lowest BCUT2D eigenvalue weighted by Gasteiger charge is -2.10. The summed E-state index contributed by atoms with van der Waals surface area (Å²) in [6, 6.07) is 14.8. The second-order valence-electron chi connectivity index (χ2n) is 4.87. The van der Waals surface area contributed by atoms with Gasteiger partial charge in [0, 0.05) is 11.8 Å². The van der Waals surface area contributed by atoms with Crippen LogP contribution in [0.5, 0.6) is 5.75 Å². The number of carbonyl (C=O) groups is 1. The summed E-state index contributed by atoms with van der Waals surface area (Å²) in [5.74, 6) is 0.367. The first-order valence-corrected chi connectivity index (χ1v) is 7.22. The van der Waals surface area contributed by atoms with Crippen LogP contribution in [0.2, 0.25) is 0 Å². The number of aromatic nitrogens is 4. The maximum absolute atomic E-state index is 12.1. The normalized spacial score (nSPS) is 10.7. The molecule has 0 unspecified atom stereocenters. The van der Waals surface area contributed by atoms with E-state index in [9.17, 15) is 4.79 Å². The Kier molecular flexibility index (Phi) is 4.62. The summed E-state index contributed by atoms with van der Waals surface area (Å²) >= 11 is 0. The Morgan fingerprint density at radius 3 is 2.75 bits per heavy atom. The Morgan fingerprint density at radius 2 is 2.04 bits per heavy atom. The minimum Gasteiger partial charge on any atom is -0.494 e. The van der Waals surface area contributed by atoms with Crippen molar-refractivity contribution in [2.24, 2.45) is 0 Å². The molecule has 1 N–H and O–H groups in total. The SMILES string of the molecule is COc1ccc(NC(=O)/C=C/c2ccccc2)cc1-n1cnnn1. The monoisotopic (exact) mass is 321 g/mol. The second-order valence-corrected chi connectivity index (χ2v) is 4.87. The van der Waals surface area contributed by atoms with Crippen LogP contribution in [0, 0.1) is 0 Å². The first kappa shape index (κ1) is 15.4. The Balaban J connectivity index is 1.77. The summed E-state index contributed by atoms with van der Waals surface area (Å²) in [4.78, 5) is 12.1. The highest BCUT2D eigenvalue weighted by Gasteiger charge is 2.09. The van der Waals surface area contributed by atoms with Crippen molar-refractivity contribution in [1.82, 2.24) is 20.2 Å². The number of nitrogens with zero attached hydrogens (tertiary/aromatic N) is 4. The molecule has 0 radical (unpaired) electrons. The highest BCUT2D eigenvalue weighted by molar-refractivity contribution is 6.02. The molecule has 0 saturated heterocycles. The molecule has 1 heterocycles. The van der Waals surface area contributed by atoms with E-state index in [2.05, 4.69) is 20.8 Å². The van der Waals surface area contributed by atoms with Crippen molar-refractivity contribution in [3.63, 3.8) is 0 Å². The van der Waals surface area contributed by atoms with E-state index in [0.717, 1.165) is 5.56 Å². The number of rotatable bonds is 5. The molecule has 3 rings (SSSR count). The summed E-state index contributed by atoms with van der Waals surface area (Å²) in [5.41, 5.74) is 2.20. The van der Waals surface area contributed by atoms with Crippen molar-refractivity contribution >= 4 is 17.7 Å². The van der Waals surface area contributed by atoms with Crippen LogP contribution < -0.4 is 10.1 Å². The lowest BCUT2D eigenvalue weighted by atomic mass is 10.2. The molecule has 0 fully saturated rings. The maximum atomic E-state index is 12.1. The minimum absolute atomic E-state index is 0.230. The number of hydrogen-bond donors (Lipinski definition) is 1. The van der Waals surface area contributed by atoms with Crippen molar-refractivity contribution < 1.29 is 9.53 Å². The molecule has 0 aliphatic heterocycles. The van der Waals surface area contributed by atoms with Gasteiger partial charge in [0.25, 0.3) is 0 Å². The summed E-state index contributed by atoms with van der Waals surface area (Å²) in [5, 5.41) is 13.9. The molecular formula is C17H15N5O2. The highest BCUT2D eigenvalue weighted by atomic mass is 16.5. The van der Waals surface area contributed by atoms with Gasteiger partial charge < -0.3 is 10.1 Å². The van der Waals surface area contributed by atoms with E-state index in [4.69, 9.17) is 4.74 Å². The summed E-state index contributed by atoms with van der Waals surface area (Å²) in [6.07, 6.45) is 4.69. The number of carbonyl (C=O) groups excluding carboxylic acids is 1. The van der Waals surface area contributed by atoms with E-state index < -0.39 is 0 Å². The predicted octanol–water partition coefficient (Wildman–Crippen LogP) is 2.32. The van der Waals surface area contributed by atoms with E-state index in [1.165, 1.54) is 17.1 Å². The van der Waals surface area contributed by atoms with Crippen LogP contribution in [0.1, 0.15) is 5.56 Å². The third kappa shape index (κ3) is 3.64. The van der Waals surface area contributed by atoms with Gasteiger partial charge >= 0.3 is 0 Å². The zero-order valence-electron chi connectivity index (χ0n) is 13.0. The molecule has 24 heavy (non-hydrogen) atoms. The van der Waals surface area contributed by atoms with Gasteiger partial charge in [-0.1, -0.05) is 30.3 Å². The number of methoxy groups -OCH3 is 1. The van der Waals surface area contributed by atoms with E-state index >= 15 is 0 Å². The Morgan fingerprint density at radius 1 is 1.21 bits per heavy atom. The molecule has 7 heteroatoms. The molecule has 0 bridgehead atoms. The number of hydrogen-bond acceptors (Lipinski definition) is 5. The lowest BCUT2D eigenvalue weighted by molar-refractivity contribution is -0.111. The largest absolute Gasteiger partial charge is 0.494 e. The fraction of sp³-hybridized carbons (Fsp3) is 0.0588. The van der Waals surface area contributed by atoms with Crippen molar-refractivity contribution in [3.05, 3.63) is 66.5 Å². The molecule has 2 aromatic carbocycles. The van der Waals surface area contributed by atoms with E-state index in [0.29, 0.717) is 17.1 Å². The number of benzene rings is 2. The van der Waals surface area contributed by atoms with Gasteiger partial charge in [0.2, 0.25) is 5.91 Å². The van der Waals surface area contributed by atoms with Crippen LogP contribution in [0.15, 0.2) is 60.9 Å². The molecule has 0 aliphatic rings. The molecular weight excluding hydrogens is 306 g/mol. The number of amides is 1. The van der Waals surface area contributed by atoms with Gasteiger partial charge in [-0.2, -0.15) is 4.68 Å². The molecule has 1 amide bonds. The average molecular weight is 321 g/mol. The average Bonchev–Trinajstić information content (AvgIpc) is 3.15. The third-order valence-electron chi connectivity index (χ3n) is 3.27. The van der Waals surface area contributed by atoms with E-state index in [1.54, 1.807) is 31.4 Å². The first-order chi connectivity index (χ1) is 11.8. The zero-order valence-corrected chi connectivity index (χ0v) is 13.0. The number of tetrazole rings is 1. The molecule has 0 atom stereocenters. The topological polar surface area (TPSA) is 81.9 Å². The van der Waals surface area contributed by atoms with Gasteiger partial charge in [-0.25, -0.2) is 0 Å². The van der Waals surface area contributed by atoms with Crippen molar-refractivity contribution in [3.8, 4) is 11.4 Å². The van der Waals surface area contributed by atoms with Crippen molar-refractivity contribution in [2.75, 3.05) is 12.4 Å². The second kappa shape index (κ2) is 7.19. The molecule has 120 valence electrons. The lowest BCUT2D eigenvalue weighted by Crippen LogP contribution is -2.09. The van der Waals surface area contributed by atoms with Crippen LogP contribution in [-0.2, 0) is 4.79 Å². The molecule has 3 aromatic rings. The minimum atomic E-state index is -0.230. The fourth-order valence-electron chi connectivity index (χ4n) is 2.14. The Labute approximate surface area is 138 Å². The molecule has 0 aliphatic carbocycles. The highest BCUT2D eigenvalue weighted by Crippen LogP contribution is 2.25. The predicted molar refractivity (Wildman–Crippen MR) is 89.8 cm³/mol. The van der Waals surface area contributed by atoms with Crippen molar-refractivity contribution in [1.29, 1.82) is 0 Å². The van der Waals surface area contributed by atoms with E-state index in [1.807, 2.05) is 30.3 Å². The summed E-state index contributed by atoms with van der Waals surface area (Å²) < 4.78 is 6.76. The van der Waals surface area contributed by atoms with Gasteiger partial charge in [0.15, 0.2) is 0 Å². The molecule has 0 saturated carbocycles. The quantitative estimate of drug-likeness (QED) is 0.729.